The second kappa shape index (κ2) is 6.10. The summed E-state index contributed by atoms with van der Waals surface area (Å²) in [5.74, 6) is -0.342. The van der Waals surface area contributed by atoms with Gasteiger partial charge in [0.1, 0.15) is 5.82 Å². The van der Waals surface area contributed by atoms with Gasteiger partial charge in [0.25, 0.3) is 0 Å². The van der Waals surface area contributed by atoms with E-state index in [1.807, 2.05) is 0 Å². The topological polar surface area (TPSA) is 66.2 Å². The van der Waals surface area contributed by atoms with Crippen LogP contribution in [0.3, 0.4) is 0 Å². The van der Waals surface area contributed by atoms with E-state index in [1.54, 1.807) is 29.3 Å². The Kier molecular flexibility index (Phi) is 3.87. The van der Waals surface area contributed by atoms with E-state index in [9.17, 15) is 14.4 Å². The highest BCUT2D eigenvalue weighted by atomic mass is 19.1. The number of benzene rings is 1. The summed E-state index contributed by atoms with van der Waals surface area (Å²) in [4.78, 5) is 17.9. The van der Waals surface area contributed by atoms with Crippen molar-refractivity contribution in [3.63, 3.8) is 0 Å². The first kappa shape index (κ1) is 16.5. The van der Waals surface area contributed by atoms with Crippen LogP contribution in [0.25, 0.3) is 11.1 Å². The molecule has 2 aliphatic rings. The normalized spacial score (nSPS) is 17.2. The summed E-state index contributed by atoms with van der Waals surface area (Å²) in [7, 11) is 1.35. The van der Waals surface area contributed by atoms with E-state index in [-0.39, 0.29) is 5.82 Å². The Labute approximate surface area is 151 Å². The van der Waals surface area contributed by atoms with Crippen molar-refractivity contribution >= 4 is 6.09 Å². The molecule has 1 aliphatic heterocycles. The molecule has 4 rings (SSSR count). The van der Waals surface area contributed by atoms with Gasteiger partial charge in [0.2, 0.25) is 0 Å². The molecule has 0 N–H and O–H groups in total. The number of carbonyl (C=O) groups excluding carboxylic acids is 1. The lowest BCUT2D eigenvalue weighted by Gasteiger charge is -2.28. The predicted molar refractivity (Wildman–Crippen MR) is 92.7 cm³/mol. The van der Waals surface area contributed by atoms with E-state index in [0.29, 0.717) is 25.1 Å². The second-order valence-corrected chi connectivity index (χ2v) is 6.81. The fourth-order valence-corrected chi connectivity index (χ4v) is 3.60. The number of carbonyl (C=O) groups is 1. The van der Waals surface area contributed by atoms with Gasteiger partial charge in [-0.25, -0.2) is 9.18 Å². The minimum atomic E-state index is -0.479. The average molecular weight is 351 g/mol. The first-order valence-corrected chi connectivity index (χ1v) is 8.59. The van der Waals surface area contributed by atoms with Gasteiger partial charge in [-0.2, -0.15) is 5.26 Å². The van der Waals surface area contributed by atoms with Crippen molar-refractivity contribution in [2.45, 2.75) is 31.2 Å². The zero-order valence-electron chi connectivity index (χ0n) is 14.5. The van der Waals surface area contributed by atoms with Crippen molar-refractivity contribution in [3.8, 4) is 17.2 Å². The van der Waals surface area contributed by atoms with E-state index in [4.69, 9.17) is 4.74 Å². The van der Waals surface area contributed by atoms with Crippen molar-refractivity contribution in [2.75, 3.05) is 13.7 Å². The van der Waals surface area contributed by atoms with Gasteiger partial charge in [-0.15, -0.1) is 0 Å². The molecule has 6 heteroatoms. The van der Waals surface area contributed by atoms with Crippen molar-refractivity contribution in [3.05, 3.63) is 53.1 Å². The molecular formula is C20H18FN3O2. The highest BCUT2D eigenvalue weighted by molar-refractivity contribution is 5.73. The first-order chi connectivity index (χ1) is 12.6. The summed E-state index contributed by atoms with van der Waals surface area (Å²) >= 11 is 0. The monoisotopic (exact) mass is 351 g/mol. The van der Waals surface area contributed by atoms with Crippen molar-refractivity contribution < 1.29 is 13.9 Å². The lowest BCUT2D eigenvalue weighted by Crippen LogP contribution is -2.36. The SMILES string of the molecule is COC(=O)N1CCc2nccc(-c3cc(C4(C#N)CC4)ccc3F)c2C1. The molecule has 26 heavy (non-hydrogen) atoms. The van der Waals surface area contributed by atoms with E-state index < -0.39 is 11.5 Å². The largest absolute Gasteiger partial charge is 0.453 e. The van der Waals surface area contributed by atoms with Gasteiger partial charge >= 0.3 is 6.09 Å². The third-order valence-corrected chi connectivity index (χ3v) is 5.32. The maximum absolute atomic E-state index is 14.7. The molecule has 0 atom stereocenters. The predicted octanol–water partition coefficient (Wildman–Crippen LogP) is 3.57. The number of hydrogen-bond acceptors (Lipinski definition) is 4. The summed E-state index contributed by atoms with van der Waals surface area (Å²) < 4.78 is 19.5. The average Bonchev–Trinajstić information content (AvgIpc) is 3.48. The number of nitrogens with zero attached hydrogens (tertiary/aromatic N) is 3. The summed E-state index contributed by atoms with van der Waals surface area (Å²) in [5, 5.41) is 9.44. The van der Waals surface area contributed by atoms with Gasteiger partial charge in [0, 0.05) is 36.0 Å². The van der Waals surface area contributed by atoms with Gasteiger partial charge in [0.05, 0.1) is 25.1 Å². The minimum Gasteiger partial charge on any atom is -0.453 e. The van der Waals surface area contributed by atoms with E-state index in [0.717, 1.165) is 35.2 Å². The molecule has 1 aliphatic carbocycles. The van der Waals surface area contributed by atoms with Crippen LogP contribution in [0.5, 0.6) is 0 Å². The quantitative estimate of drug-likeness (QED) is 0.830. The molecule has 1 fully saturated rings. The van der Waals surface area contributed by atoms with Gasteiger partial charge in [0.15, 0.2) is 0 Å². The Morgan fingerprint density at radius 1 is 1.35 bits per heavy atom. The molecule has 0 spiro atoms. The van der Waals surface area contributed by atoms with Gasteiger partial charge in [-0.05, 0) is 42.2 Å². The summed E-state index contributed by atoms with van der Waals surface area (Å²) in [5.41, 5.74) is 3.25. The Bertz CT molecular complexity index is 931. The molecule has 0 saturated heterocycles. The fraction of sp³-hybridized carbons (Fsp3) is 0.350. The lowest BCUT2D eigenvalue weighted by atomic mass is 9.90. The Balaban J connectivity index is 1.80. The smallest absolute Gasteiger partial charge is 0.409 e. The van der Waals surface area contributed by atoms with Crippen molar-refractivity contribution in [1.29, 1.82) is 5.26 Å². The molecule has 2 heterocycles. The number of halogens is 1. The zero-order valence-corrected chi connectivity index (χ0v) is 14.5. The van der Waals surface area contributed by atoms with Crippen LogP contribution >= 0.6 is 0 Å². The van der Waals surface area contributed by atoms with Gasteiger partial charge < -0.3 is 9.64 Å². The first-order valence-electron chi connectivity index (χ1n) is 8.59. The summed E-state index contributed by atoms with van der Waals surface area (Å²) in [6.45, 7) is 0.856. The number of rotatable bonds is 2. The van der Waals surface area contributed by atoms with Crippen molar-refractivity contribution in [2.24, 2.45) is 0 Å². The zero-order chi connectivity index (χ0) is 18.3. The van der Waals surface area contributed by atoms with Gasteiger partial charge in [-0.3, -0.25) is 4.98 Å². The van der Waals surface area contributed by atoms with Crippen LogP contribution in [-0.4, -0.2) is 29.6 Å². The number of nitriles is 1. The number of methoxy groups -OCH3 is 1. The number of ether oxygens (including phenoxy) is 1. The third-order valence-electron chi connectivity index (χ3n) is 5.32. The van der Waals surface area contributed by atoms with Crippen LogP contribution < -0.4 is 0 Å². The van der Waals surface area contributed by atoms with Crippen LogP contribution in [0.1, 0.15) is 29.7 Å². The number of pyridine rings is 1. The molecule has 0 unspecified atom stereocenters. The Morgan fingerprint density at radius 3 is 2.85 bits per heavy atom. The number of amides is 1. The molecule has 1 amide bonds. The minimum absolute atomic E-state index is 0.332. The maximum atomic E-state index is 14.7. The van der Waals surface area contributed by atoms with Crippen LogP contribution in [0.15, 0.2) is 30.5 Å². The van der Waals surface area contributed by atoms with Crippen LogP contribution in [0, 0.1) is 17.1 Å². The number of fused-ring (bicyclic) bond motifs is 1. The Hall–Kier alpha value is -2.94. The van der Waals surface area contributed by atoms with Gasteiger partial charge in [-0.1, -0.05) is 6.07 Å². The Morgan fingerprint density at radius 2 is 2.15 bits per heavy atom. The molecule has 1 aromatic heterocycles. The maximum Gasteiger partial charge on any atom is 0.409 e. The van der Waals surface area contributed by atoms with E-state index in [2.05, 4.69) is 11.1 Å². The van der Waals surface area contributed by atoms with Crippen molar-refractivity contribution in [1.82, 2.24) is 9.88 Å². The molecule has 0 bridgehead atoms. The molecular weight excluding hydrogens is 333 g/mol. The fourth-order valence-electron chi connectivity index (χ4n) is 3.60. The highest BCUT2D eigenvalue weighted by Crippen LogP contribution is 2.48. The third kappa shape index (κ3) is 2.60. The standard InChI is InChI=1S/C20H18FN3O2/c1-26-19(25)24-9-5-18-16(11-24)14(4-8-23-18)15-10-13(2-3-17(15)21)20(12-22)6-7-20/h2-4,8,10H,5-7,9,11H2,1H3. The lowest BCUT2D eigenvalue weighted by molar-refractivity contribution is 0.118. The number of hydrogen-bond donors (Lipinski definition) is 0. The van der Waals surface area contributed by atoms with Crippen LogP contribution in [0.2, 0.25) is 0 Å². The highest BCUT2D eigenvalue weighted by Gasteiger charge is 2.45. The molecule has 1 saturated carbocycles. The molecule has 1 aromatic carbocycles. The van der Waals surface area contributed by atoms with E-state index in [1.165, 1.54) is 13.2 Å². The van der Waals surface area contributed by atoms with Crippen LogP contribution in [-0.2, 0) is 23.1 Å². The molecule has 132 valence electrons. The molecule has 5 nitrogen and oxygen atoms in total. The summed E-state index contributed by atoms with van der Waals surface area (Å²) in [6, 6.07) is 9.03. The van der Waals surface area contributed by atoms with Crippen LogP contribution in [0.4, 0.5) is 9.18 Å². The molecule has 0 radical (unpaired) electrons. The number of aromatic nitrogens is 1. The summed E-state index contributed by atoms with van der Waals surface area (Å²) in [6.07, 6.45) is 3.48. The second-order valence-electron chi connectivity index (χ2n) is 6.81. The van der Waals surface area contributed by atoms with E-state index >= 15 is 0 Å². The molecule has 2 aromatic rings.